The van der Waals surface area contributed by atoms with Gasteiger partial charge in [-0.15, -0.1) is 11.6 Å². The van der Waals surface area contributed by atoms with Crippen molar-refractivity contribution in [1.82, 2.24) is 4.90 Å². The lowest BCUT2D eigenvalue weighted by atomic mass is 10.1. The molecule has 0 saturated carbocycles. The summed E-state index contributed by atoms with van der Waals surface area (Å²) in [5, 5.41) is 0. The molecule has 0 N–H and O–H groups in total. The Morgan fingerprint density at radius 3 is 2.53 bits per heavy atom. The first kappa shape index (κ1) is 12.1. The Balaban J connectivity index is 2.16. The molecule has 0 bridgehead atoms. The van der Waals surface area contributed by atoms with E-state index < -0.39 is 0 Å². The van der Waals surface area contributed by atoms with Crippen LogP contribution in [0.1, 0.15) is 29.3 Å². The lowest BCUT2D eigenvalue weighted by Gasteiger charge is -2.14. The van der Waals surface area contributed by atoms with E-state index in [0.29, 0.717) is 24.4 Å². The summed E-state index contributed by atoms with van der Waals surface area (Å²) in [4.78, 5) is 25.0. The van der Waals surface area contributed by atoms with E-state index in [-0.39, 0.29) is 17.7 Å². The van der Waals surface area contributed by atoms with Crippen molar-refractivity contribution in [3.63, 3.8) is 0 Å². The van der Waals surface area contributed by atoms with Crippen molar-refractivity contribution >= 4 is 23.4 Å². The van der Waals surface area contributed by atoms with Gasteiger partial charge in [0.05, 0.1) is 0 Å². The van der Waals surface area contributed by atoms with Crippen molar-refractivity contribution in [2.45, 2.75) is 19.2 Å². The Morgan fingerprint density at radius 1 is 1.41 bits per heavy atom. The number of amides is 2. The van der Waals surface area contributed by atoms with Crippen LogP contribution in [-0.2, 0) is 10.7 Å². The summed E-state index contributed by atoms with van der Waals surface area (Å²) < 4.78 is 0. The van der Waals surface area contributed by atoms with Crippen molar-refractivity contribution in [2.75, 3.05) is 6.54 Å². The number of likely N-dealkylation sites (tertiary alicyclic amines) is 1. The minimum absolute atomic E-state index is 0.0797. The third-order valence-electron chi connectivity index (χ3n) is 2.92. The third kappa shape index (κ3) is 2.50. The molecule has 1 aromatic rings. The SMILES string of the molecule is CC1CC(=O)N(C(=O)c2ccc(CCl)cc2)C1. The van der Waals surface area contributed by atoms with Crippen molar-refractivity contribution < 1.29 is 9.59 Å². The third-order valence-corrected chi connectivity index (χ3v) is 3.23. The number of hydrogen-bond acceptors (Lipinski definition) is 2. The van der Waals surface area contributed by atoms with Crippen molar-refractivity contribution in [3.8, 4) is 0 Å². The monoisotopic (exact) mass is 251 g/mol. The summed E-state index contributed by atoms with van der Waals surface area (Å²) in [5.74, 6) is 0.395. The highest BCUT2D eigenvalue weighted by Gasteiger charge is 2.31. The zero-order chi connectivity index (χ0) is 12.4. The molecule has 1 heterocycles. The number of alkyl halides is 1. The zero-order valence-electron chi connectivity index (χ0n) is 9.65. The summed E-state index contributed by atoms with van der Waals surface area (Å²) in [7, 11) is 0. The average molecular weight is 252 g/mol. The molecule has 1 saturated heterocycles. The van der Waals surface area contributed by atoms with Gasteiger partial charge in [-0.05, 0) is 23.6 Å². The molecular weight excluding hydrogens is 238 g/mol. The van der Waals surface area contributed by atoms with E-state index in [4.69, 9.17) is 11.6 Å². The molecule has 17 heavy (non-hydrogen) atoms. The van der Waals surface area contributed by atoms with Crippen LogP contribution < -0.4 is 0 Å². The maximum Gasteiger partial charge on any atom is 0.260 e. The van der Waals surface area contributed by atoms with Gasteiger partial charge in [-0.1, -0.05) is 19.1 Å². The fraction of sp³-hybridized carbons (Fsp3) is 0.385. The Bertz CT molecular complexity index is 441. The Labute approximate surface area is 105 Å². The summed E-state index contributed by atoms with van der Waals surface area (Å²) in [6.07, 6.45) is 0.464. The van der Waals surface area contributed by atoms with E-state index in [1.54, 1.807) is 12.1 Å². The van der Waals surface area contributed by atoms with Crippen LogP contribution in [0.5, 0.6) is 0 Å². The molecule has 3 nitrogen and oxygen atoms in total. The standard InChI is InChI=1S/C13H14ClNO2/c1-9-6-12(16)15(8-9)13(17)11-4-2-10(7-14)3-5-11/h2-5,9H,6-8H2,1H3. The molecule has 1 aliphatic heterocycles. The van der Waals surface area contributed by atoms with Crippen LogP contribution in [0, 0.1) is 5.92 Å². The number of imide groups is 1. The fourth-order valence-corrected chi connectivity index (χ4v) is 2.15. The van der Waals surface area contributed by atoms with Gasteiger partial charge >= 0.3 is 0 Å². The Hall–Kier alpha value is -1.35. The van der Waals surface area contributed by atoms with Gasteiger partial charge in [-0.3, -0.25) is 14.5 Å². The average Bonchev–Trinajstić information content (AvgIpc) is 2.68. The van der Waals surface area contributed by atoms with Crippen molar-refractivity contribution in [2.24, 2.45) is 5.92 Å². The Morgan fingerprint density at radius 2 is 2.06 bits per heavy atom. The molecule has 4 heteroatoms. The van der Waals surface area contributed by atoms with E-state index in [0.717, 1.165) is 5.56 Å². The lowest BCUT2D eigenvalue weighted by molar-refractivity contribution is -0.125. The second kappa shape index (κ2) is 4.88. The molecule has 1 atom stereocenters. The fourth-order valence-electron chi connectivity index (χ4n) is 1.97. The largest absolute Gasteiger partial charge is 0.278 e. The molecule has 0 spiro atoms. The van der Waals surface area contributed by atoms with Gasteiger partial charge in [0.2, 0.25) is 5.91 Å². The number of rotatable bonds is 2. The predicted octanol–water partition coefficient (Wildman–Crippen LogP) is 2.43. The number of carbonyl (C=O) groups excluding carboxylic acids is 2. The van der Waals surface area contributed by atoms with Gasteiger partial charge in [-0.25, -0.2) is 0 Å². The lowest BCUT2D eigenvalue weighted by Crippen LogP contribution is -2.32. The first-order valence-corrected chi connectivity index (χ1v) is 6.15. The molecular formula is C13H14ClNO2. The van der Waals surface area contributed by atoms with E-state index in [9.17, 15) is 9.59 Å². The number of hydrogen-bond donors (Lipinski definition) is 0. The van der Waals surface area contributed by atoms with Crippen LogP contribution in [0.25, 0.3) is 0 Å². The summed E-state index contributed by atoms with van der Waals surface area (Å²) in [5.41, 5.74) is 1.51. The van der Waals surface area contributed by atoms with Gasteiger partial charge in [0, 0.05) is 24.4 Å². The first-order valence-electron chi connectivity index (χ1n) is 5.61. The maximum absolute atomic E-state index is 12.1. The second-order valence-corrected chi connectivity index (χ2v) is 4.72. The van der Waals surface area contributed by atoms with Gasteiger partial charge in [0.1, 0.15) is 0 Å². The maximum atomic E-state index is 12.1. The van der Waals surface area contributed by atoms with Gasteiger partial charge < -0.3 is 0 Å². The summed E-state index contributed by atoms with van der Waals surface area (Å²) >= 11 is 5.68. The molecule has 0 aromatic heterocycles. The topological polar surface area (TPSA) is 37.4 Å². The van der Waals surface area contributed by atoms with Crippen LogP contribution in [0.3, 0.4) is 0 Å². The molecule has 1 fully saturated rings. The number of benzene rings is 1. The predicted molar refractivity (Wildman–Crippen MR) is 65.8 cm³/mol. The zero-order valence-corrected chi connectivity index (χ0v) is 10.4. The number of halogens is 1. The van der Waals surface area contributed by atoms with Crippen LogP contribution in [0.2, 0.25) is 0 Å². The van der Waals surface area contributed by atoms with Gasteiger partial charge in [0.15, 0.2) is 0 Å². The van der Waals surface area contributed by atoms with Gasteiger partial charge in [-0.2, -0.15) is 0 Å². The molecule has 1 aromatic carbocycles. The molecule has 0 aliphatic carbocycles. The molecule has 2 amide bonds. The van der Waals surface area contributed by atoms with Crippen LogP contribution in [0.15, 0.2) is 24.3 Å². The highest BCUT2D eigenvalue weighted by Crippen LogP contribution is 2.19. The minimum Gasteiger partial charge on any atom is -0.278 e. The highest BCUT2D eigenvalue weighted by atomic mass is 35.5. The molecule has 1 unspecified atom stereocenters. The van der Waals surface area contributed by atoms with Crippen LogP contribution in [0.4, 0.5) is 0 Å². The number of nitrogens with zero attached hydrogens (tertiary/aromatic N) is 1. The van der Waals surface area contributed by atoms with Crippen molar-refractivity contribution in [3.05, 3.63) is 35.4 Å². The van der Waals surface area contributed by atoms with Crippen molar-refractivity contribution in [1.29, 1.82) is 0 Å². The van der Waals surface area contributed by atoms with E-state index in [2.05, 4.69) is 0 Å². The first-order chi connectivity index (χ1) is 8.11. The summed E-state index contributed by atoms with van der Waals surface area (Å²) in [6.45, 7) is 2.50. The molecule has 1 aliphatic rings. The van der Waals surface area contributed by atoms with E-state index in [1.807, 2.05) is 19.1 Å². The second-order valence-electron chi connectivity index (χ2n) is 4.45. The summed E-state index contributed by atoms with van der Waals surface area (Å²) in [6, 6.07) is 7.06. The van der Waals surface area contributed by atoms with Crippen LogP contribution in [-0.4, -0.2) is 23.3 Å². The molecule has 90 valence electrons. The smallest absolute Gasteiger partial charge is 0.260 e. The number of carbonyl (C=O) groups is 2. The quantitative estimate of drug-likeness (QED) is 0.598. The minimum atomic E-state index is -0.208. The van der Waals surface area contributed by atoms with Gasteiger partial charge in [0.25, 0.3) is 5.91 Å². The Kier molecular flexibility index (Phi) is 3.48. The molecule has 0 radical (unpaired) electrons. The van der Waals surface area contributed by atoms with E-state index >= 15 is 0 Å². The van der Waals surface area contributed by atoms with Crippen LogP contribution >= 0.6 is 11.6 Å². The van der Waals surface area contributed by atoms with E-state index in [1.165, 1.54) is 4.90 Å². The normalized spacial score (nSPS) is 19.8. The molecule has 2 rings (SSSR count). The highest BCUT2D eigenvalue weighted by molar-refractivity contribution is 6.17.